The SMILES string of the molecule is [2H]c1c([2H])c([2H])c2c(c1[2H])c1c([2H])c([2H])c([2H])c([2H])c1n2-c1ccc2c(c1)N(c1c(-c3ccccc3)cc(C(C)(C)C)cc1-c1ccccc1)c1cc(C(C)(C)C)cc3c1B2c1cc(-c2ccc([Si](C)(C)C)cc2)ccc1N3c1c(-c2ccccc2)cc(C(C)(C)C)cc1-c1ccccc1. The molecule has 0 fully saturated rings. The van der Waals surface area contributed by atoms with Crippen LogP contribution < -0.4 is 31.4 Å². The molecule has 0 aliphatic carbocycles. The summed E-state index contributed by atoms with van der Waals surface area (Å²) in [4.78, 5) is 5.06. The maximum Gasteiger partial charge on any atom is 0.252 e. The summed E-state index contributed by atoms with van der Waals surface area (Å²) in [6, 6.07) is 76.5. The van der Waals surface area contributed by atoms with Gasteiger partial charge in [-0.3, -0.25) is 0 Å². The molecule has 3 nitrogen and oxygen atoms in total. The summed E-state index contributed by atoms with van der Waals surface area (Å²) in [6.07, 6.45) is 0. The molecule has 2 aliphatic heterocycles. The summed E-state index contributed by atoms with van der Waals surface area (Å²) >= 11 is 0. The summed E-state index contributed by atoms with van der Waals surface area (Å²) < 4.78 is 76.8. The Kier molecular flexibility index (Phi) is 12.0. The molecule has 0 saturated carbocycles. The van der Waals surface area contributed by atoms with E-state index in [0.717, 1.165) is 117 Å². The van der Waals surface area contributed by atoms with Gasteiger partial charge in [0, 0.05) is 61.5 Å². The molecule has 15 rings (SSSR count). The molecule has 2 aliphatic rings. The number of aromatic nitrogens is 1. The highest BCUT2D eigenvalue weighted by molar-refractivity contribution is 7.00. The Morgan fingerprint density at radius 1 is 0.348 bits per heavy atom. The molecule has 0 saturated heterocycles. The Hall–Kier alpha value is -9.68. The highest BCUT2D eigenvalue weighted by atomic mass is 28.3. The molecule has 0 N–H and O–H groups in total. The number of hydrogen-bond acceptors (Lipinski definition) is 2. The zero-order valence-electron chi connectivity index (χ0n) is 62.7. The first-order chi connectivity index (χ1) is 47.5. The van der Waals surface area contributed by atoms with Gasteiger partial charge in [-0.25, -0.2) is 0 Å². The molecule has 0 bridgehead atoms. The van der Waals surface area contributed by atoms with Crippen molar-refractivity contribution >= 4 is 92.3 Å². The van der Waals surface area contributed by atoms with Crippen LogP contribution in [-0.4, -0.2) is 19.4 Å². The number of nitrogens with zero attached hydrogens (tertiary/aromatic N) is 3. The molecule has 92 heavy (non-hydrogen) atoms. The van der Waals surface area contributed by atoms with Crippen molar-refractivity contribution in [3.05, 3.63) is 283 Å². The van der Waals surface area contributed by atoms with E-state index in [4.69, 9.17) is 2.74 Å². The molecule has 0 amide bonds. The molecule has 5 heteroatoms. The van der Waals surface area contributed by atoms with Gasteiger partial charge in [0.25, 0.3) is 6.71 Å². The first-order valence-electron chi connectivity index (χ1n) is 36.3. The van der Waals surface area contributed by atoms with Crippen molar-refractivity contribution in [2.24, 2.45) is 0 Å². The van der Waals surface area contributed by atoms with Gasteiger partial charge in [0.05, 0.1) is 41.4 Å². The molecule has 450 valence electrons. The predicted octanol–water partition coefficient (Wildman–Crippen LogP) is 21.6. The van der Waals surface area contributed by atoms with Crippen LogP contribution in [0.15, 0.2) is 267 Å². The third-order valence-electron chi connectivity index (χ3n) is 19.0. The van der Waals surface area contributed by atoms with Crippen LogP contribution in [0.1, 0.15) is 90.0 Å². The van der Waals surface area contributed by atoms with Crippen LogP contribution in [-0.2, 0) is 16.2 Å². The van der Waals surface area contributed by atoms with Crippen LogP contribution >= 0.6 is 0 Å². The van der Waals surface area contributed by atoms with Crippen molar-refractivity contribution < 1.29 is 11.0 Å². The fraction of sp³-hybridized carbons (Fsp3) is 0.172. The molecule has 0 radical (unpaired) electrons. The summed E-state index contributed by atoms with van der Waals surface area (Å²) in [7, 11) is -1.69. The minimum absolute atomic E-state index is 0.0230. The normalized spacial score (nSPS) is 14.4. The number of benzene rings is 12. The summed E-state index contributed by atoms with van der Waals surface area (Å²) in [5.74, 6) is 0. The maximum atomic E-state index is 9.79. The van der Waals surface area contributed by atoms with Crippen molar-refractivity contribution in [2.45, 2.75) is 98.2 Å². The molecule has 0 spiro atoms. The molecule has 0 atom stereocenters. The molecule has 13 aromatic rings. The van der Waals surface area contributed by atoms with Gasteiger partial charge in [0.2, 0.25) is 0 Å². The van der Waals surface area contributed by atoms with Gasteiger partial charge in [-0.15, -0.1) is 0 Å². The van der Waals surface area contributed by atoms with Crippen LogP contribution in [0, 0.1) is 0 Å². The van der Waals surface area contributed by atoms with E-state index >= 15 is 0 Å². The predicted molar refractivity (Wildman–Crippen MR) is 401 cm³/mol. The zero-order chi connectivity index (χ0) is 70.5. The van der Waals surface area contributed by atoms with Crippen molar-refractivity contribution in [2.75, 3.05) is 9.80 Å². The van der Waals surface area contributed by atoms with Crippen molar-refractivity contribution in [3.63, 3.8) is 0 Å². The van der Waals surface area contributed by atoms with Crippen molar-refractivity contribution in [3.8, 4) is 61.3 Å². The topological polar surface area (TPSA) is 11.4 Å². The average Bonchev–Trinajstić information content (AvgIpc) is 1.20. The average molecular weight is 1210 g/mol. The molecule has 0 unspecified atom stereocenters. The minimum Gasteiger partial charge on any atom is -0.310 e. The van der Waals surface area contributed by atoms with E-state index in [1.807, 2.05) is 6.07 Å². The molecular formula is C87H80BN3Si. The third-order valence-corrected chi connectivity index (χ3v) is 21.1. The van der Waals surface area contributed by atoms with Crippen molar-refractivity contribution in [1.82, 2.24) is 4.57 Å². The Bertz CT molecular complexity index is 5300. The van der Waals surface area contributed by atoms with Crippen LogP contribution in [0.5, 0.6) is 0 Å². The third kappa shape index (κ3) is 10.0. The molecule has 1 aromatic heterocycles. The number of hydrogen-bond donors (Lipinski definition) is 0. The Morgan fingerprint density at radius 3 is 1.15 bits per heavy atom. The Labute approximate surface area is 557 Å². The minimum atomic E-state index is -1.69. The van der Waals surface area contributed by atoms with Gasteiger partial charge in [-0.2, -0.15) is 0 Å². The second kappa shape index (κ2) is 22.0. The lowest BCUT2D eigenvalue weighted by atomic mass is 9.33. The lowest BCUT2D eigenvalue weighted by molar-refractivity contribution is 0.590. The van der Waals surface area contributed by atoms with Crippen LogP contribution in [0.2, 0.25) is 19.6 Å². The molecular weight excluding hydrogens is 1130 g/mol. The van der Waals surface area contributed by atoms with Gasteiger partial charge >= 0.3 is 0 Å². The lowest BCUT2D eigenvalue weighted by Gasteiger charge is -2.47. The first kappa shape index (κ1) is 50.0. The first-order valence-corrected chi connectivity index (χ1v) is 35.8. The lowest BCUT2D eigenvalue weighted by Crippen LogP contribution is -2.61. The number of fused-ring (bicyclic) bond motifs is 7. The highest BCUT2D eigenvalue weighted by Crippen LogP contribution is 2.55. The van der Waals surface area contributed by atoms with Crippen LogP contribution in [0.25, 0.3) is 83.1 Å². The summed E-state index contributed by atoms with van der Waals surface area (Å²) in [5, 5.41) is 1.42. The number of anilines is 6. The van der Waals surface area contributed by atoms with E-state index in [-0.39, 0.29) is 56.8 Å². The van der Waals surface area contributed by atoms with Gasteiger partial charge < -0.3 is 14.4 Å². The maximum absolute atomic E-state index is 9.79. The summed E-state index contributed by atoms with van der Waals surface area (Å²) in [6.45, 7) is 27.2. The van der Waals surface area contributed by atoms with Gasteiger partial charge in [-0.05, 0) is 149 Å². The molecule has 3 heterocycles. The van der Waals surface area contributed by atoms with E-state index in [0.29, 0.717) is 5.69 Å². The van der Waals surface area contributed by atoms with E-state index in [1.165, 1.54) is 10.8 Å². The van der Waals surface area contributed by atoms with Crippen LogP contribution in [0.3, 0.4) is 0 Å². The second-order valence-corrected chi connectivity index (χ2v) is 34.3. The smallest absolute Gasteiger partial charge is 0.252 e. The van der Waals surface area contributed by atoms with Crippen LogP contribution in [0.4, 0.5) is 34.1 Å². The largest absolute Gasteiger partial charge is 0.310 e. The van der Waals surface area contributed by atoms with E-state index in [2.05, 4.69) is 304 Å². The monoisotopic (exact) mass is 1210 g/mol. The fourth-order valence-corrected chi connectivity index (χ4v) is 15.2. The van der Waals surface area contributed by atoms with Gasteiger partial charge in [0.15, 0.2) is 0 Å². The van der Waals surface area contributed by atoms with Crippen molar-refractivity contribution in [1.29, 1.82) is 0 Å². The zero-order valence-corrected chi connectivity index (χ0v) is 55.7. The van der Waals surface area contributed by atoms with E-state index in [1.54, 1.807) is 4.57 Å². The standard InChI is InChI=1S/C87H80BN3Si/c1-85(2,3)63-50-70(58-29-17-13-18-30-58)83(71(51-63)59-31-19-14-20-32-59)90-78-48-43-62(57-41-45-67(46-42-57)92(10,11)12)49-75(78)88-74-47-44-66(89-76-39-27-25-37-68(76)69-38-26-28-40-77(69)89)56-79(74)91(81-55-65(87(7,8)9)54-80(90)82(81)88)84-72(60-33-21-15-22-34-60)52-64(86(4,5)6)53-73(84)61-35-23-16-24-36-61/h13-56H,1-12H3/i25D,26D,27D,28D,37D,38D,39D,40D. The Balaban J connectivity index is 1.17. The fourth-order valence-electron chi connectivity index (χ4n) is 14.0. The number of rotatable bonds is 9. The van der Waals surface area contributed by atoms with Gasteiger partial charge in [0.1, 0.15) is 0 Å². The summed E-state index contributed by atoms with van der Waals surface area (Å²) in [5.41, 5.74) is 22.4. The second-order valence-electron chi connectivity index (χ2n) is 29.2. The highest BCUT2D eigenvalue weighted by Gasteiger charge is 2.46. The Morgan fingerprint density at radius 2 is 0.739 bits per heavy atom. The molecule has 12 aromatic carbocycles. The number of para-hydroxylation sites is 2. The van der Waals surface area contributed by atoms with E-state index in [9.17, 15) is 8.22 Å². The van der Waals surface area contributed by atoms with Gasteiger partial charge in [-0.1, -0.05) is 287 Å². The van der Waals surface area contributed by atoms with E-state index < -0.39 is 44.4 Å². The quantitative estimate of drug-likeness (QED) is 0.133.